The number of hydrogen-bond donors (Lipinski definition) is 2. The number of aromatic nitrogens is 1. The molecule has 0 saturated heterocycles. The van der Waals surface area contributed by atoms with Gasteiger partial charge in [-0.1, -0.05) is 29.8 Å². The van der Waals surface area contributed by atoms with Crippen LogP contribution in [0.5, 0.6) is 0 Å². The summed E-state index contributed by atoms with van der Waals surface area (Å²) in [6.45, 7) is 4.90. The summed E-state index contributed by atoms with van der Waals surface area (Å²) in [5, 5.41) is 23.0. The summed E-state index contributed by atoms with van der Waals surface area (Å²) in [7, 11) is 0. The molecule has 0 spiro atoms. The van der Waals surface area contributed by atoms with E-state index in [4.69, 9.17) is 27.0 Å². The number of halogens is 1. The predicted octanol–water partition coefficient (Wildman–Crippen LogP) is 6.04. The van der Waals surface area contributed by atoms with Gasteiger partial charge in [0, 0.05) is 11.1 Å². The summed E-state index contributed by atoms with van der Waals surface area (Å²) in [5.41, 5.74) is 3.19. The molecule has 9 heteroatoms. The summed E-state index contributed by atoms with van der Waals surface area (Å²) in [5.74, 6) is -0.0734. The van der Waals surface area contributed by atoms with Crippen LogP contribution >= 0.6 is 22.9 Å². The molecule has 2 N–H and O–H groups in total. The maximum Gasteiger partial charge on any atom is 0.271 e. The first-order valence-electron chi connectivity index (χ1n) is 9.96. The number of nitrogens with one attached hydrogen (secondary N) is 2. The van der Waals surface area contributed by atoms with Crippen LogP contribution in [0.2, 0.25) is 5.02 Å². The molecule has 3 rings (SSSR count). The van der Waals surface area contributed by atoms with E-state index in [9.17, 15) is 4.79 Å². The number of para-hydroxylation sites is 1. The molecule has 0 radical (unpaired) electrons. The van der Waals surface area contributed by atoms with Gasteiger partial charge in [-0.2, -0.15) is 5.26 Å². The number of amides is 1. The molecule has 0 aliphatic rings. The Labute approximate surface area is 201 Å². The van der Waals surface area contributed by atoms with E-state index in [2.05, 4.69) is 10.3 Å². The van der Waals surface area contributed by atoms with Crippen LogP contribution < -0.4 is 10.2 Å². The number of allylic oxidation sites excluding steroid dienone is 2. The second-order valence-corrected chi connectivity index (χ2v) is 8.38. The second kappa shape index (κ2) is 10.8. The molecule has 0 bridgehead atoms. The highest BCUT2D eigenvalue weighted by molar-refractivity contribution is 7.14. The summed E-state index contributed by atoms with van der Waals surface area (Å²) in [4.78, 5) is 19.1. The number of nitriles is 1. The van der Waals surface area contributed by atoms with Crippen molar-refractivity contribution in [3.63, 3.8) is 0 Å². The minimum atomic E-state index is -0.316. The third-order valence-corrected chi connectivity index (χ3v) is 5.76. The third-order valence-electron chi connectivity index (χ3n) is 4.50. The van der Waals surface area contributed by atoms with E-state index in [0.29, 0.717) is 32.8 Å². The van der Waals surface area contributed by atoms with Crippen LogP contribution in [0.1, 0.15) is 25.1 Å². The Hall–Kier alpha value is -3.67. The van der Waals surface area contributed by atoms with Crippen LogP contribution in [0.25, 0.3) is 0 Å². The summed E-state index contributed by atoms with van der Waals surface area (Å²) >= 11 is 7.47. The number of nitrogens with zero attached hydrogens (tertiary/aromatic N) is 3. The molecule has 0 fully saturated rings. The van der Waals surface area contributed by atoms with E-state index in [0.717, 1.165) is 5.69 Å². The first-order valence-corrected chi connectivity index (χ1v) is 11.2. The molecule has 1 heterocycles. The van der Waals surface area contributed by atoms with Gasteiger partial charge in [0.1, 0.15) is 6.07 Å². The monoisotopic (exact) mass is 479 g/mol. The maximum atomic E-state index is 13.2. The van der Waals surface area contributed by atoms with Crippen molar-refractivity contribution >= 4 is 51.1 Å². The third kappa shape index (κ3) is 5.98. The molecule has 1 aromatic heterocycles. The molecule has 0 aliphatic carbocycles. The highest BCUT2D eigenvalue weighted by Crippen LogP contribution is 2.29. The molecular formula is C24H22ClN5O2S. The van der Waals surface area contributed by atoms with E-state index in [1.54, 1.807) is 32.0 Å². The van der Waals surface area contributed by atoms with Crippen molar-refractivity contribution in [1.29, 1.82) is 10.7 Å². The summed E-state index contributed by atoms with van der Waals surface area (Å²) < 4.78 is 5.80. The minimum absolute atomic E-state index is 0.156. The molecule has 3 aromatic rings. The van der Waals surface area contributed by atoms with Crippen molar-refractivity contribution in [2.45, 2.75) is 20.8 Å². The Kier molecular flexibility index (Phi) is 7.83. The second-order valence-electron chi connectivity index (χ2n) is 7.14. The van der Waals surface area contributed by atoms with Crippen molar-refractivity contribution in [3.05, 3.63) is 81.6 Å². The van der Waals surface area contributed by atoms with E-state index in [-0.39, 0.29) is 24.0 Å². The van der Waals surface area contributed by atoms with Crippen LogP contribution in [0.4, 0.5) is 16.5 Å². The molecule has 1 amide bonds. The fraction of sp³-hybridized carbons (Fsp3) is 0.167. The lowest BCUT2D eigenvalue weighted by molar-refractivity contribution is -0.120. The Balaban J connectivity index is 1.81. The van der Waals surface area contributed by atoms with Crippen LogP contribution in [0, 0.1) is 23.7 Å². The van der Waals surface area contributed by atoms with Gasteiger partial charge in [-0.05, 0) is 51.1 Å². The number of thiazole rings is 1. The highest BCUT2D eigenvalue weighted by atomic mass is 35.5. The zero-order chi connectivity index (χ0) is 24.0. The van der Waals surface area contributed by atoms with Gasteiger partial charge in [0.05, 0.1) is 33.4 Å². The number of rotatable bonds is 8. The molecule has 33 heavy (non-hydrogen) atoms. The van der Waals surface area contributed by atoms with Crippen molar-refractivity contribution < 1.29 is 9.53 Å². The Bertz CT molecular complexity index is 1250. The van der Waals surface area contributed by atoms with E-state index in [1.807, 2.05) is 48.7 Å². The maximum absolute atomic E-state index is 13.2. The fourth-order valence-corrected chi connectivity index (χ4v) is 4.10. The zero-order valence-electron chi connectivity index (χ0n) is 18.3. The van der Waals surface area contributed by atoms with Gasteiger partial charge in [0.15, 0.2) is 17.5 Å². The normalized spacial score (nSPS) is 11.2. The molecule has 0 atom stereocenters. The van der Waals surface area contributed by atoms with Crippen molar-refractivity contribution in [2.75, 3.05) is 16.8 Å². The quantitative estimate of drug-likeness (QED) is 0.303. The van der Waals surface area contributed by atoms with Crippen molar-refractivity contribution in [3.8, 4) is 6.07 Å². The van der Waals surface area contributed by atoms with E-state index >= 15 is 0 Å². The number of anilines is 3. The van der Waals surface area contributed by atoms with Crippen molar-refractivity contribution in [1.82, 2.24) is 4.98 Å². The van der Waals surface area contributed by atoms with Gasteiger partial charge in [-0.25, -0.2) is 4.98 Å². The SMILES string of the molecule is CC(=N)/C(OCC(=O)N(c1ccccc1)c1nc(C)cs1)=C(/C)Nc1ccc(C#N)c(Cl)c1. The zero-order valence-corrected chi connectivity index (χ0v) is 19.9. The topological polar surface area (TPSA) is 102 Å². The lowest BCUT2D eigenvalue weighted by Gasteiger charge is -2.21. The van der Waals surface area contributed by atoms with Crippen LogP contribution in [-0.2, 0) is 9.53 Å². The first kappa shape index (κ1) is 24.0. The molecule has 0 unspecified atom stereocenters. The number of benzene rings is 2. The number of hydrogen-bond acceptors (Lipinski definition) is 7. The average molecular weight is 480 g/mol. The average Bonchev–Trinajstić information content (AvgIpc) is 3.20. The van der Waals surface area contributed by atoms with E-state index < -0.39 is 0 Å². The number of ether oxygens (including phenoxy) is 1. The first-order chi connectivity index (χ1) is 15.8. The van der Waals surface area contributed by atoms with Gasteiger partial charge >= 0.3 is 0 Å². The smallest absolute Gasteiger partial charge is 0.271 e. The minimum Gasteiger partial charge on any atom is -0.480 e. The van der Waals surface area contributed by atoms with Gasteiger partial charge in [-0.3, -0.25) is 9.69 Å². The summed E-state index contributed by atoms with van der Waals surface area (Å²) in [6.07, 6.45) is 0. The van der Waals surface area contributed by atoms with Gasteiger partial charge in [-0.15, -0.1) is 11.3 Å². The molecule has 168 valence electrons. The Morgan fingerprint density at radius 3 is 2.58 bits per heavy atom. The number of carbonyl (C=O) groups excluding carboxylic acids is 1. The number of carbonyl (C=O) groups is 1. The van der Waals surface area contributed by atoms with E-state index in [1.165, 1.54) is 16.2 Å². The van der Waals surface area contributed by atoms with Gasteiger partial charge in [0.2, 0.25) is 0 Å². The predicted molar refractivity (Wildman–Crippen MR) is 132 cm³/mol. The van der Waals surface area contributed by atoms with Crippen LogP contribution in [0.3, 0.4) is 0 Å². The lowest BCUT2D eigenvalue weighted by Crippen LogP contribution is -2.30. The Morgan fingerprint density at radius 1 is 1.27 bits per heavy atom. The standard InChI is InChI=1S/C24H22ClN5O2S/c1-15-14-33-24(28-15)30(20-7-5-4-6-8-20)22(31)13-32-23(16(2)27)17(3)29-19-10-9-18(12-26)21(25)11-19/h4-11,14,27,29H,13H2,1-3H3/b23-17+,27-16?. The van der Waals surface area contributed by atoms with Crippen molar-refractivity contribution in [2.24, 2.45) is 0 Å². The van der Waals surface area contributed by atoms with Crippen LogP contribution in [0.15, 0.2) is 65.4 Å². The van der Waals surface area contributed by atoms with Crippen LogP contribution in [-0.4, -0.2) is 23.2 Å². The largest absolute Gasteiger partial charge is 0.480 e. The number of aryl methyl sites for hydroxylation is 1. The Morgan fingerprint density at radius 2 is 2.00 bits per heavy atom. The molecule has 0 saturated carbocycles. The highest BCUT2D eigenvalue weighted by Gasteiger charge is 2.22. The van der Waals surface area contributed by atoms with Gasteiger partial charge < -0.3 is 15.5 Å². The molecule has 2 aromatic carbocycles. The fourth-order valence-electron chi connectivity index (χ4n) is 3.04. The molecule has 7 nitrogen and oxygen atoms in total. The molecular weight excluding hydrogens is 458 g/mol. The lowest BCUT2D eigenvalue weighted by atomic mass is 10.2. The van der Waals surface area contributed by atoms with Gasteiger partial charge in [0.25, 0.3) is 5.91 Å². The summed E-state index contributed by atoms with van der Waals surface area (Å²) in [6, 6.07) is 16.2. The molecule has 0 aliphatic heterocycles.